The summed E-state index contributed by atoms with van der Waals surface area (Å²) < 4.78 is 0.880. The molecule has 1 amide bonds. The number of rotatable bonds is 8. The van der Waals surface area contributed by atoms with Crippen LogP contribution in [0.25, 0.3) is 22.5 Å². The number of aromatic nitrogens is 2. The van der Waals surface area contributed by atoms with Crippen LogP contribution in [-0.2, 0) is 11.3 Å². The van der Waals surface area contributed by atoms with Crippen LogP contribution in [0.4, 0.5) is 5.13 Å². The number of thioether (sulfide) groups is 1. The smallest absolute Gasteiger partial charge is 0.230 e. The van der Waals surface area contributed by atoms with E-state index in [0.717, 1.165) is 64.9 Å². The minimum atomic E-state index is 0.0489. The van der Waals surface area contributed by atoms with Crippen LogP contribution in [0.1, 0.15) is 18.4 Å². The van der Waals surface area contributed by atoms with E-state index in [0.29, 0.717) is 20.9 Å². The topological polar surface area (TPSA) is 84.1 Å². The fourth-order valence-corrected chi connectivity index (χ4v) is 6.78. The van der Waals surface area contributed by atoms with Crippen molar-refractivity contribution < 1.29 is 4.79 Å². The zero-order valence-electron chi connectivity index (χ0n) is 19.8. The highest BCUT2D eigenvalue weighted by Crippen LogP contribution is 2.31. The minimum Gasteiger partial charge on any atom is -0.375 e. The maximum absolute atomic E-state index is 12.6. The van der Waals surface area contributed by atoms with E-state index < -0.39 is 0 Å². The lowest BCUT2D eigenvalue weighted by molar-refractivity contribution is -0.119. The Bertz CT molecular complexity index is 1380. The van der Waals surface area contributed by atoms with Gasteiger partial charge in [-0.05, 0) is 36.6 Å². The molecule has 1 aliphatic heterocycles. The molecule has 5 rings (SSSR count). The molecule has 0 radical (unpaired) electrons. The average molecular weight is 591 g/mol. The van der Waals surface area contributed by atoms with Gasteiger partial charge in [-0.25, -0.2) is 9.97 Å². The molecule has 2 aromatic carbocycles. The highest BCUT2D eigenvalue weighted by Gasteiger charge is 2.21. The van der Waals surface area contributed by atoms with Gasteiger partial charge in [0.25, 0.3) is 0 Å². The lowest BCUT2D eigenvalue weighted by Gasteiger charge is -2.32. The molecule has 11 heteroatoms. The van der Waals surface area contributed by atoms with E-state index in [-0.39, 0.29) is 11.9 Å². The SMILES string of the molecule is Nc1nc(-c2cccc(-c3csc(SCC(=O)NC4CCN(Cc5ccc(Cl)c(Cl)c5)CC4)n3)c2)cs1. The zero-order chi connectivity index (χ0) is 25.8. The molecule has 37 heavy (non-hydrogen) atoms. The van der Waals surface area contributed by atoms with Crippen LogP contribution in [0.2, 0.25) is 10.0 Å². The number of halogens is 2. The number of nitrogens with zero attached hydrogens (tertiary/aromatic N) is 3. The van der Waals surface area contributed by atoms with E-state index in [4.69, 9.17) is 33.9 Å². The number of amides is 1. The van der Waals surface area contributed by atoms with Crippen molar-refractivity contribution in [2.75, 3.05) is 24.6 Å². The summed E-state index contributed by atoms with van der Waals surface area (Å²) in [7, 11) is 0. The Morgan fingerprint density at radius 2 is 1.76 bits per heavy atom. The van der Waals surface area contributed by atoms with Crippen LogP contribution in [0.15, 0.2) is 57.6 Å². The highest BCUT2D eigenvalue weighted by molar-refractivity contribution is 8.01. The first kappa shape index (κ1) is 26.5. The molecule has 0 unspecified atom stereocenters. The Morgan fingerprint density at radius 3 is 2.46 bits per heavy atom. The van der Waals surface area contributed by atoms with Crippen molar-refractivity contribution in [3.8, 4) is 22.5 Å². The van der Waals surface area contributed by atoms with Gasteiger partial charge >= 0.3 is 0 Å². The molecular formula is C26H25Cl2N5OS3. The summed E-state index contributed by atoms with van der Waals surface area (Å²) in [5.74, 6) is 0.405. The Kier molecular flexibility index (Phi) is 8.69. The molecule has 1 fully saturated rings. The molecular weight excluding hydrogens is 565 g/mol. The molecule has 6 nitrogen and oxygen atoms in total. The fourth-order valence-electron chi connectivity index (χ4n) is 4.24. The van der Waals surface area contributed by atoms with Crippen LogP contribution in [0.5, 0.6) is 0 Å². The van der Waals surface area contributed by atoms with Crippen molar-refractivity contribution in [1.82, 2.24) is 20.2 Å². The van der Waals surface area contributed by atoms with E-state index in [1.165, 1.54) is 23.1 Å². The Morgan fingerprint density at radius 1 is 1.03 bits per heavy atom. The Balaban J connectivity index is 1.08. The first-order valence-corrected chi connectivity index (χ1v) is 15.3. The first-order valence-electron chi connectivity index (χ1n) is 11.8. The predicted octanol–water partition coefficient (Wildman–Crippen LogP) is 6.70. The number of hydrogen-bond donors (Lipinski definition) is 2. The van der Waals surface area contributed by atoms with E-state index in [1.54, 1.807) is 11.3 Å². The number of nitrogens with two attached hydrogens (primary N) is 1. The predicted molar refractivity (Wildman–Crippen MR) is 157 cm³/mol. The van der Waals surface area contributed by atoms with Crippen molar-refractivity contribution in [2.24, 2.45) is 0 Å². The first-order chi connectivity index (χ1) is 17.9. The summed E-state index contributed by atoms with van der Waals surface area (Å²) in [6.45, 7) is 2.70. The van der Waals surface area contributed by atoms with Crippen LogP contribution >= 0.6 is 57.6 Å². The number of hydrogen-bond acceptors (Lipinski definition) is 8. The van der Waals surface area contributed by atoms with Gasteiger partial charge < -0.3 is 11.1 Å². The second-order valence-electron chi connectivity index (χ2n) is 8.81. The van der Waals surface area contributed by atoms with E-state index in [9.17, 15) is 4.79 Å². The minimum absolute atomic E-state index is 0.0489. The number of thiazole rings is 2. The van der Waals surface area contributed by atoms with Gasteiger partial charge in [0, 0.05) is 47.6 Å². The molecule has 0 bridgehead atoms. The standard InChI is InChI=1S/C26H25Cl2N5OS3/c27-20-5-4-16(10-21(20)28)12-33-8-6-19(7-9-33)30-24(34)15-37-26-32-23(14-36-26)18-3-1-2-17(11-18)22-13-35-25(29)31-22/h1-5,10-11,13-14,19H,6-9,12,15H2,(H2,29,31)(H,30,34). The number of nitrogen functional groups attached to an aromatic ring is 1. The third-order valence-corrected chi connectivity index (χ3v) is 9.56. The lowest BCUT2D eigenvalue weighted by atomic mass is 10.0. The van der Waals surface area contributed by atoms with Gasteiger partial charge in [0.1, 0.15) is 0 Å². The van der Waals surface area contributed by atoms with E-state index in [2.05, 4.69) is 21.3 Å². The molecule has 1 saturated heterocycles. The normalized spacial score (nSPS) is 14.6. The molecule has 0 spiro atoms. The van der Waals surface area contributed by atoms with Crippen molar-refractivity contribution in [1.29, 1.82) is 0 Å². The van der Waals surface area contributed by atoms with Crippen LogP contribution in [0.3, 0.4) is 0 Å². The summed E-state index contributed by atoms with van der Waals surface area (Å²) >= 11 is 16.6. The number of benzene rings is 2. The molecule has 192 valence electrons. The van der Waals surface area contributed by atoms with E-state index in [1.807, 2.05) is 47.2 Å². The molecule has 3 N–H and O–H groups in total. The molecule has 0 atom stereocenters. The second-order valence-corrected chi connectivity index (χ2v) is 12.6. The quantitative estimate of drug-likeness (QED) is 0.222. The zero-order valence-corrected chi connectivity index (χ0v) is 23.8. The van der Waals surface area contributed by atoms with Crippen LogP contribution < -0.4 is 11.1 Å². The number of carbonyl (C=O) groups excluding carboxylic acids is 1. The molecule has 1 aliphatic rings. The molecule has 4 aromatic rings. The monoisotopic (exact) mass is 589 g/mol. The Hall–Kier alpha value is -2.14. The summed E-state index contributed by atoms with van der Waals surface area (Å²) in [6.07, 6.45) is 1.86. The van der Waals surface area contributed by atoms with Crippen LogP contribution in [0, 0.1) is 0 Å². The number of carbonyl (C=O) groups is 1. The van der Waals surface area contributed by atoms with Crippen molar-refractivity contribution in [3.05, 3.63) is 68.8 Å². The van der Waals surface area contributed by atoms with Gasteiger partial charge in [-0.2, -0.15) is 0 Å². The van der Waals surface area contributed by atoms with Crippen molar-refractivity contribution >= 4 is 68.7 Å². The average Bonchev–Trinajstić information content (AvgIpc) is 3.56. The number of piperidine rings is 1. The third-order valence-electron chi connectivity index (χ3n) is 6.13. The summed E-state index contributed by atoms with van der Waals surface area (Å²) in [6, 6.07) is 14.1. The number of anilines is 1. The fraction of sp³-hybridized carbons (Fsp3) is 0.269. The molecule has 2 aromatic heterocycles. The van der Waals surface area contributed by atoms with Gasteiger partial charge in [-0.15, -0.1) is 22.7 Å². The molecule has 0 aliphatic carbocycles. The van der Waals surface area contributed by atoms with Crippen LogP contribution in [-0.4, -0.2) is 45.7 Å². The summed E-state index contributed by atoms with van der Waals surface area (Å²) in [4.78, 5) is 24.1. The largest absolute Gasteiger partial charge is 0.375 e. The summed E-state index contributed by atoms with van der Waals surface area (Å²) in [5, 5.41) is 8.89. The van der Waals surface area contributed by atoms with Gasteiger partial charge in [-0.1, -0.05) is 59.2 Å². The van der Waals surface area contributed by atoms with Gasteiger partial charge in [0.15, 0.2) is 9.47 Å². The summed E-state index contributed by atoms with van der Waals surface area (Å²) in [5.41, 5.74) is 10.7. The van der Waals surface area contributed by atoms with Crippen molar-refractivity contribution in [2.45, 2.75) is 29.8 Å². The van der Waals surface area contributed by atoms with Crippen molar-refractivity contribution in [3.63, 3.8) is 0 Å². The maximum atomic E-state index is 12.6. The second kappa shape index (κ2) is 12.1. The molecule has 0 saturated carbocycles. The number of nitrogens with one attached hydrogen (secondary N) is 1. The lowest BCUT2D eigenvalue weighted by Crippen LogP contribution is -2.44. The highest BCUT2D eigenvalue weighted by atomic mass is 35.5. The maximum Gasteiger partial charge on any atom is 0.230 e. The van der Waals surface area contributed by atoms with Gasteiger partial charge in [0.05, 0.1) is 27.2 Å². The van der Waals surface area contributed by atoms with Gasteiger partial charge in [0.2, 0.25) is 5.91 Å². The Labute approximate surface area is 238 Å². The van der Waals surface area contributed by atoms with Gasteiger partial charge in [-0.3, -0.25) is 9.69 Å². The molecule has 3 heterocycles. The number of likely N-dealkylation sites (tertiary alicyclic amines) is 1. The van der Waals surface area contributed by atoms with E-state index >= 15 is 0 Å². The third kappa shape index (κ3) is 7.04.